The number of ketones is 2. The number of methoxy groups -OCH3 is 1. The number of hydrogen-bond donors (Lipinski definition) is 0. The first kappa shape index (κ1) is 30.4. The summed E-state index contributed by atoms with van der Waals surface area (Å²) in [6.45, 7) is 9.71. The van der Waals surface area contributed by atoms with E-state index in [0.29, 0.717) is 37.5 Å². The van der Waals surface area contributed by atoms with E-state index in [9.17, 15) is 9.59 Å². The van der Waals surface area contributed by atoms with Gasteiger partial charge >= 0.3 is 0 Å². The van der Waals surface area contributed by atoms with Gasteiger partial charge in [0.25, 0.3) is 0 Å². The van der Waals surface area contributed by atoms with Crippen LogP contribution in [0, 0.1) is 10.8 Å². The zero-order chi connectivity index (χ0) is 31.2. The first-order chi connectivity index (χ1) is 20.9. The van der Waals surface area contributed by atoms with Crippen LogP contribution in [-0.4, -0.2) is 23.6 Å². The maximum absolute atomic E-state index is 14.2. The molecule has 0 bridgehead atoms. The molecule has 2 aliphatic carbocycles. The van der Waals surface area contributed by atoms with Gasteiger partial charge in [0, 0.05) is 52.3 Å². The molecule has 0 amide bonds. The van der Waals surface area contributed by atoms with Gasteiger partial charge in [0.15, 0.2) is 23.1 Å². The van der Waals surface area contributed by atoms with E-state index in [4.69, 9.17) is 9.47 Å². The summed E-state index contributed by atoms with van der Waals surface area (Å²) in [5.41, 5.74) is 6.37. The Hall–Kier alpha value is -3.64. The molecule has 0 saturated carbocycles. The fourth-order valence-corrected chi connectivity index (χ4v) is 7.33. The van der Waals surface area contributed by atoms with E-state index in [1.165, 1.54) is 0 Å². The first-order valence-corrected chi connectivity index (χ1v) is 16.1. The SMILES string of the molecule is COc1cc(C2C3=C(CC(C)(C)CC3=O)N(Cc3ccccc3)C3=C2C(=O)CC(C)(C)C3)ccc1OCc1ccc(Br)cc1. The van der Waals surface area contributed by atoms with Gasteiger partial charge in [-0.3, -0.25) is 9.59 Å². The highest BCUT2D eigenvalue weighted by molar-refractivity contribution is 9.10. The average Bonchev–Trinajstić information content (AvgIpc) is 2.97. The van der Waals surface area contributed by atoms with Gasteiger partial charge in [0.05, 0.1) is 7.11 Å². The zero-order valence-electron chi connectivity index (χ0n) is 26.2. The van der Waals surface area contributed by atoms with E-state index in [1.54, 1.807) is 7.11 Å². The van der Waals surface area contributed by atoms with Crippen LogP contribution in [0.15, 0.2) is 99.8 Å². The van der Waals surface area contributed by atoms with Crippen LogP contribution in [0.4, 0.5) is 0 Å². The third kappa shape index (κ3) is 6.01. The Balaban J connectivity index is 1.47. The summed E-state index contributed by atoms with van der Waals surface area (Å²) < 4.78 is 13.0. The molecule has 0 N–H and O–H groups in total. The summed E-state index contributed by atoms with van der Waals surface area (Å²) in [5, 5.41) is 0. The average molecular weight is 655 g/mol. The van der Waals surface area contributed by atoms with Crippen LogP contribution >= 0.6 is 15.9 Å². The van der Waals surface area contributed by atoms with E-state index in [2.05, 4.69) is 60.7 Å². The number of hydrogen-bond acceptors (Lipinski definition) is 5. The Morgan fingerprint density at radius 3 is 1.91 bits per heavy atom. The Morgan fingerprint density at radius 1 is 0.750 bits per heavy atom. The van der Waals surface area contributed by atoms with E-state index in [0.717, 1.165) is 56.5 Å². The summed E-state index contributed by atoms with van der Waals surface area (Å²) in [5.74, 6) is 1.02. The van der Waals surface area contributed by atoms with Crippen molar-refractivity contribution in [2.24, 2.45) is 10.8 Å². The smallest absolute Gasteiger partial charge is 0.162 e. The van der Waals surface area contributed by atoms with Gasteiger partial charge in [-0.15, -0.1) is 0 Å². The molecule has 3 aromatic rings. The number of ether oxygens (including phenoxy) is 2. The Bertz CT molecular complexity index is 1610. The molecule has 5 nitrogen and oxygen atoms in total. The molecular formula is C38H40BrNO4. The second-order valence-corrected chi connectivity index (χ2v) is 14.8. The highest BCUT2D eigenvalue weighted by Gasteiger charge is 2.49. The summed E-state index contributed by atoms with van der Waals surface area (Å²) in [7, 11) is 1.63. The fourth-order valence-electron chi connectivity index (χ4n) is 7.06. The van der Waals surface area contributed by atoms with Crippen molar-refractivity contribution in [1.82, 2.24) is 4.90 Å². The van der Waals surface area contributed by atoms with Crippen molar-refractivity contribution in [3.8, 4) is 11.5 Å². The van der Waals surface area contributed by atoms with E-state index >= 15 is 0 Å². The second-order valence-electron chi connectivity index (χ2n) is 13.9. The largest absolute Gasteiger partial charge is 0.493 e. The van der Waals surface area contributed by atoms with Crippen LogP contribution in [0.5, 0.6) is 11.5 Å². The molecule has 0 radical (unpaired) electrons. The highest BCUT2D eigenvalue weighted by Crippen LogP contribution is 2.55. The molecule has 3 aliphatic rings. The van der Waals surface area contributed by atoms with Gasteiger partial charge in [-0.05, 0) is 64.6 Å². The molecule has 3 aromatic carbocycles. The standard InChI is InChI=1S/C38H40BrNO4/c1-37(2)18-28-35(30(41)20-37)34(26-13-16-32(33(17-26)43-5)44-23-25-11-14-27(39)15-12-25)36-29(19-38(3,4)21-31(36)42)40(28)22-24-9-7-6-8-10-24/h6-17,34H,18-23H2,1-5H3. The normalized spacial score (nSPS) is 19.5. The summed E-state index contributed by atoms with van der Waals surface area (Å²) in [6, 6.07) is 24.3. The molecule has 228 valence electrons. The molecule has 0 atom stereocenters. The van der Waals surface area contributed by atoms with Gasteiger partial charge in [-0.1, -0.05) is 92.2 Å². The Labute approximate surface area is 269 Å². The van der Waals surface area contributed by atoms with E-state index in [-0.39, 0.29) is 22.4 Å². The number of rotatable bonds is 7. The van der Waals surface area contributed by atoms with Crippen molar-refractivity contribution in [3.05, 3.63) is 116 Å². The molecule has 6 heteroatoms. The van der Waals surface area contributed by atoms with Crippen LogP contribution in [0.25, 0.3) is 0 Å². The van der Waals surface area contributed by atoms with Crippen LogP contribution in [0.2, 0.25) is 0 Å². The van der Waals surface area contributed by atoms with Gasteiger partial charge in [0.1, 0.15) is 6.61 Å². The van der Waals surface area contributed by atoms with Crippen molar-refractivity contribution in [3.63, 3.8) is 0 Å². The lowest BCUT2D eigenvalue weighted by molar-refractivity contribution is -0.119. The van der Waals surface area contributed by atoms with Gasteiger partial charge in [-0.25, -0.2) is 0 Å². The van der Waals surface area contributed by atoms with Crippen LogP contribution in [0.3, 0.4) is 0 Å². The molecule has 44 heavy (non-hydrogen) atoms. The Kier molecular flexibility index (Phi) is 8.08. The molecule has 0 fully saturated rings. The lowest BCUT2D eigenvalue weighted by Crippen LogP contribution is -2.44. The molecule has 0 saturated heterocycles. The maximum atomic E-state index is 14.2. The number of carbonyl (C=O) groups is 2. The third-order valence-electron chi connectivity index (χ3n) is 9.03. The minimum absolute atomic E-state index is 0.123. The third-order valence-corrected chi connectivity index (χ3v) is 9.56. The maximum Gasteiger partial charge on any atom is 0.162 e. The van der Waals surface area contributed by atoms with Gasteiger partial charge in [-0.2, -0.15) is 0 Å². The van der Waals surface area contributed by atoms with Crippen LogP contribution in [-0.2, 0) is 22.7 Å². The summed E-state index contributed by atoms with van der Waals surface area (Å²) in [6.07, 6.45) is 2.45. The molecular weight excluding hydrogens is 614 g/mol. The van der Waals surface area contributed by atoms with E-state index in [1.807, 2.05) is 60.7 Å². The van der Waals surface area contributed by atoms with Crippen molar-refractivity contribution >= 4 is 27.5 Å². The van der Waals surface area contributed by atoms with Gasteiger partial charge in [0.2, 0.25) is 0 Å². The number of benzene rings is 3. The fraction of sp³-hybridized carbons (Fsp3) is 0.368. The minimum atomic E-state index is -0.436. The van der Waals surface area contributed by atoms with Crippen LogP contribution < -0.4 is 9.47 Å². The minimum Gasteiger partial charge on any atom is -0.493 e. The number of halogens is 1. The highest BCUT2D eigenvalue weighted by atomic mass is 79.9. The lowest BCUT2D eigenvalue weighted by atomic mass is 9.63. The number of nitrogens with zero attached hydrogens (tertiary/aromatic N) is 1. The second kappa shape index (κ2) is 11.7. The number of carbonyl (C=O) groups excluding carboxylic acids is 2. The molecule has 0 spiro atoms. The quantitative estimate of drug-likeness (QED) is 0.255. The predicted molar refractivity (Wildman–Crippen MR) is 176 cm³/mol. The van der Waals surface area contributed by atoms with Crippen molar-refractivity contribution in [2.75, 3.05) is 7.11 Å². The zero-order valence-corrected chi connectivity index (χ0v) is 27.8. The van der Waals surface area contributed by atoms with E-state index < -0.39 is 5.92 Å². The predicted octanol–water partition coefficient (Wildman–Crippen LogP) is 8.92. The summed E-state index contributed by atoms with van der Waals surface area (Å²) >= 11 is 3.48. The van der Waals surface area contributed by atoms with Crippen molar-refractivity contribution < 1.29 is 19.1 Å². The molecule has 0 unspecified atom stereocenters. The van der Waals surface area contributed by atoms with Gasteiger partial charge < -0.3 is 14.4 Å². The first-order valence-electron chi connectivity index (χ1n) is 15.3. The number of Topliss-reactive ketones (excluding diaryl/α,β-unsaturated/α-hetero) is 2. The molecule has 6 rings (SSSR count). The topological polar surface area (TPSA) is 55.8 Å². The van der Waals surface area contributed by atoms with Crippen molar-refractivity contribution in [2.45, 2.75) is 72.4 Å². The lowest BCUT2D eigenvalue weighted by Gasteiger charge is -2.49. The monoisotopic (exact) mass is 653 g/mol. The Morgan fingerprint density at radius 2 is 1.34 bits per heavy atom. The molecule has 1 heterocycles. The van der Waals surface area contributed by atoms with Crippen LogP contribution in [0.1, 0.15) is 76.0 Å². The molecule has 1 aliphatic heterocycles. The summed E-state index contributed by atoms with van der Waals surface area (Å²) in [4.78, 5) is 30.6. The molecule has 0 aromatic heterocycles. The number of allylic oxidation sites excluding steroid dienone is 4. The van der Waals surface area contributed by atoms with Crippen molar-refractivity contribution in [1.29, 1.82) is 0 Å².